The van der Waals surface area contributed by atoms with Gasteiger partial charge in [-0.15, -0.1) is 0 Å². The number of carbonyl (C=O) groups excluding carboxylic acids is 1. The van der Waals surface area contributed by atoms with Crippen LogP contribution in [0.4, 0.5) is 0 Å². The number of halogens is 1. The third kappa shape index (κ3) is 3.23. The topological polar surface area (TPSA) is 51.3 Å². The highest BCUT2D eigenvalue weighted by Crippen LogP contribution is 2.18. The molecule has 4 nitrogen and oxygen atoms in total. The van der Waals surface area contributed by atoms with Crippen LogP contribution in [0.2, 0.25) is 5.02 Å². The normalized spacial score (nSPS) is 10.6. The zero-order chi connectivity index (χ0) is 15.4. The number of esters is 1. The van der Waals surface area contributed by atoms with Crippen LogP contribution in [0.3, 0.4) is 0 Å². The molecule has 0 saturated carbocycles. The molecular weight excluding hydrogens is 302 g/mol. The number of H-pyrrole nitrogens is 1. The van der Waals surface area contributed by atoms with Crippen molar-refractivity contribution < 1.29 is 14.3 Å². The van der Waals surface area contributed by atoms with E-state index in [-0.39, 0.29) is 19.2 Å². The molecule has 1 heterocycles. The van der Waals surface area contributed by atoms with Gasteiger partial charge >= 0.3 is 5.97 Å². The molecule has 0 saturated heterocycles. The van der Waals surface area contributed by atoms with E-state index >= 15 is 0 Å². The third-order valence-electron chi connectivity index (χ3n) is 3.21. The highest BCUT2D eigenvalue weighted by atomic mass is 35.5. The van der Waals surface area contributed by atoms with Crippen molar-refractivity contribution in [3.05, 3.63) is 65.3 Å². The van der Waals surface area contributed by atoms with Crippen molar-refractivity contribution in [2.75, 3.05) is 13.2 Å². The highest BCUT2D eigenvalue weighted by molar-refractivity contribution is 6.30. The first-order valence-corrected chi connectivity index (χ1v) is 7.23. The number of fused-ring (bicyclic) bond motifs is 1. The van der Waals surface area contributed by atoms with Gasteiger partial charge in [0.15, 0.2) is 0 Å². The first kappa shape index (κ1) is 14.5. The van der Waals surface area contributed by atoms with Crippen molar-refractivity contribution in [2.45, 2.75) is 0 Å². The standard InChI is InChI=1S/C17H14ClNO3/c18-12-5-7-13(8-6-12)21-9-10-22-17(20)15-11-19-16-4-2-1-3-14(15)16/h1-8,11,19H,9-10H2. The summed E-state index contributed by atoms with van der Waals surface area (Å²) in [6.07, 6.45) is 1.66. The molecule has 0 aliphatic rings. The second kappa shape index (κ2) is 6.54. The first-order valence-electron chi connectivity index (χ1n) is 6.85. The van der Waals surface area contributed by atoms with Crippen molar-refractivity contribution in [3.63, 3.8) is 0 Å². The van der Waals surface area contributed by atoms with Gasteiger partial charge in [0.2, 0.25) is 0 Å². The fourth-order valence-electron chi connectivity index (χ4n) is 2.14. The van der Waals surface area contributed by atoms with Gasteiger partial charge in [-0.25, -0.2) is 4.79 Å². The number of rotatable bonds is 5. The minimum atomic E-state index is -0.364. The first-order chi connectivity index (χ1) is 10.7. The zero-order valence-corrected chi connectivity index (χ0v) is 12.5. The number of nitrogens with one attached hydrogen (secondary N) is 1. The molecule has 3 rings (SSSR count). The molecule has 112 valence electrons. The van der Waals surface area contributed by atoms with Crippen LogP contribution >= 0.6 is 11.6 Å². The quantitative estimate of drug-likeness (QED) is 0.570. The van der Waals surface area contributed by atoms with Gasteiger partial charge in [0, 0.05) is 22.1 Å². The van der Waals surface area contributed by atoms with E-state index in [2.05, 4.69) is 4.98 Å². The van der Waals surface area contributed by atoms with Gasteiger partial charge in [-0.1, -0.05) is 29.8 Å². The Bertz CT molecular complexity index is 780. The molecule has 0 amide bonds. The molecule has 0 bridgehead atoms. The Morgan fingerprint density at radius 1 is 1.05 bits per heavy atom. The molecule has 0 radical (unpaired) electrons. The van der Waals surface area contributed by atoms with E-state index in [4.69, 9.17) is 21.1 Å². The predicted octanol–water partition coefficient (Wildman–Crippen LogP) is 4.06. The number of hydrogen-bond acceptors (Lipinski definition) is 3. The van der Waals surface area contributed by atoms with Crippen molar-refractivity contribution in [3.8, 4) is 5.75 Å². The minimum Gasteiger partial charge on any atom is -0.490 e. The Labute approximate surface area is 132 Å². The van der Waals surface area contributed by atoms with E-state index in [1.54, 1.807) is 30.5 Å². The monoisotopic (exact) mass is 315 g/mol. The smallest absolute Gasteiger partial charge is 0.340 e. The van der Waals surface area contributed by atoms with Crippen LogP contribution in [0.1, 0.15) is 10.4 Å². The fraction of sp³-hybridized carbons (Fsp3) is 0.118. The lowest BCUT2D eigenvalue weighted by atomic mass is 10.2. The van der Waals surface area contributed by atoms with Crippen LogP contribution in [0.5, 0.6) is 5.75 Å². The summed E-state index contributed by atoms with van der Waals surface area (Å²) in [6.45, 7) is 0.469. The summed E-state index contributed by atoms with van der Waals surface area (Å²) in [6, 6.07) is 14.6. The van der Waals surface area contributed by atoms with E-state index in [1.807, 2.05) is 24.3 Å². The Hall–Kier alpha value is -2.46. The second-order valence-corrected chi connectivity index (χ2v) is 5.12. The van der Waals surface area contributed by atoms with Gasteiger partial charge in [0.05, 0.1) is 5.56 Å². The number of ether oxygens (including phenoxy) is 2. The lowest BCUT2D eigenvalue weighted by Gasteiger charge is -2.07. The molecule has 0 aliphatic heterocycles. The van der Waals surface area contributed by atoms with Crippen molar-refractivity contribution in [2.24, 2.45) is 0 Å². The number of para-hydroxylation sites is 1. The van der Waals surface area contributed by atoms with E-state index < -0.39 is 0 Å². The zero-order valence-electron chi connectivity index (χ0n) is 11.7. The van der Waals surface area contributed by atoms with Gasteiger partial charge in [-0.3, -0.25) is 0 Å². The summed E-state index contributed by atoms with van der Waals surface area (Å²) in [5, 5.41) is 1.50. The summed E-state index contributed by atoms with van der Waals surface area (Å²) in [5.41, 5.74) is 1.44. The molecule has 22 heavy (non-hydrogen) atoms. The lowest BCUT2D eigenvalue weighted by molar-refractivity contribution is 0.0453. The van der Waals surface area contributed by atoms with Gasteiger partial charge in [0.1, 0.15) is 19.0 Å². The van der Waals surface area contributed by atoms with Crippen LogP contribution in [0, 0.1) is 0 Å². The Morgan fingerprint density at radius 3 is 2.64 bits per heavy atom. The van der Waals surface area contributed by atoms with Crippen molar-refractivity contribution in [1.29, 1.82) is 0 Å². The Morgan fingerprint density at radius 2 is 1.82 bits per heavy atom. The number of aromatic amines is 1. The molecule has 5 heteroatoms. The minimum absolute atomic E-state index is 0.182. The van der Waals surface area contributed by atoms with Crippen LogP contribution in [0.25, 0.3) is 10.9 Å². The van der Waals surface area contributed by atoms with Crippen LogP contribution in [-0.4, -0.2) is 24.2 Å². The molecule has 1 N–H and O–H groups in total. The van der Waals surface area contributed by atoms with Crippen LogP contribution < -0.4 is 4.74 Å². The molecule has 0 aliphatic carbocycles. The van der Waals surface area contributed by atoms with E-state index in [9.17, 15) is 4.79 Å². The Balaban J connectivity index is 1.53. The van der Waals surface area contributed by atoms with Crippen LogP contribution in [-0.2, 0) is 4.74 Å². The summed E-state index contributed by atoms with van der Waals surface area (Å²) in [4.78, 5) is 15.1. The molecule has 0 spiro atoms. The number of hydrogen-bond donors (Lipinski definition) is 1. The Kier molecular flexibility index (Phi) is 4.30. The van der Waals surface area contributed by atoms with E-state index in [0.29, 0.717) is 16.3 Å². The maximum atomic E-state index is 12.1. The average Bonchev–Trinajstić information content (AvgIpc) is 2.97. The number of benzene rings is 2. The molecule has 2 aromatic carbocycles. The number of aromatic nitrogens is 1. The number of carbonyl (C=O) groups is 1. The summed E-state index contributed by atoms with van der Waals surface area (Å²) >= 11 is 5.79. The van der Waals surface area contributed by atoms with Crippen molar-refractivity contribution >= 4 is 28.5 Å². The van der Waals surface area contributed by atoms with Crippen LogP contribution in [0.15, 0.2) is 54.7 Å². The molecule has 0 atom stereocenters. The predicted molar refractivity (Wildman–Crippen MR) is 85.5 cm³/mol. The third-order valence-corrected chi connectivity index (χ3v) is 3.46. The molecule has 1 aromatic heterocycles. The van der Waals surface area contributed by atoms with Crippen molar-refractivity contribution in [1.82, 2.24) is 4.98 Å². The summed E-state index contributed by atoms with van der Waals surface area (Å²) in [5.74, 6) is 0.324. The SMILES string of the molecule is O=C(OCCOc1ccc(Cl)cc1)c1c[nH]c2ccccc12. The molecule has 0 unspecified atom stereocenters. The molecular formula is C17H14ClNO3. The summed E-state index contributed by atoms with van der Waals surface area (Å²) < 4.78 is 10.7. The average molecular weight is 316 g/mol. The molecule has 3 aromatic rings. The highest BCUT2D eigenvalue weighted by Gasteiger charge is 2.12. The van der Waals surface area contributed by atoms with Gasteiger partial charge < -0.3 is 14.5 Å². The maximum Gasteiger partial charge on any atom is 0.340 e. The van der Waals surface area contributed by atoms with Gasteiger partial charge in [-0.2, -0.15) is 0 Å². The van der Waals surface area contributed by atoms with E-state index in [1.165, 1.54) is 0 Å². The summed E-state index contributed by atoms with van der Waals surface area (Å²) in [7, 11) is 0. The molecule has 0 fully saturated rings. The maximum absolute atomic E-state index is 12.1. The van der Waals surface area contributed by atoms with Gasteiger partial charge in [0.25, 0.3) is 0 Å². The lowest BCUT2D eigenvalue weighted by Crippen LogP contribution is -2.12. The largest absolute Gasteiger partial charge is 0.490 e. The van der Waals surface area contributed by atoms with E-state index in [0.717, 1.165) is 10.9 Å². The second-order valence-electron chi connectivity index (χ2n) is 4.69. The van der Waals surface area contributed by atoms with Gasteiger partial charge in [-0.05, 0) is 30.3 Å². The fourth-order valence-corrected chi connectivity index (χ4v) is 2.27.